The monoisotopic (exact) mass is 314 g/mol. The molecule has 0 fully saturated rings. The van der Waals surface area contributed by atoms with Crippen LogP contribution in [0.1, 0.15) is 16.4 Å². The molecule has 17 heavy (non-hydrogen) atoms. The van der Waals surface area contributed by atoms with Gasteiger partial charge in [-0.3, -0.25) is 9.89 Å². The van der Waals surface area contributed by atoms with Crippen LogP contribution in [0.15, 0.2) is 22.7 Å². The topological polar surface area (TPSA) is 70.7 Å². The Morgan fingerprint density at radius 2 is 2.29 bits per heavy atom. The minimum absolute atomic E-state index is 0.0920. The van der Waals surface area contributed by atoms with E-state index in [0.29, 0.717) is 21.0 Å². The van der Waals surface area contributed by atoms with E-state index in [-0.39, 0.29) is 5.82 Å². The fourth-order valence-corrected chi connectivity index (χ4v) is 1.76. The van der Waals surface area contributed by atoms with Gasteiger partial charge in [0.05, 0.1) is 15.2 Å². The number of amides is 1. The zero-order chi connectivity index (χ0) is 12.4. The molecule has 0 unspecified atom stereocenters. The third kappa shape index (κ3) is 2.65. The molecule has 0 aliphatic rings. The summed E-state index contributed by atoms with van der Waals surface area (Å²) < 4.78 is 0.627. The van der Waals surface area contributed by atoms with E-state index in [1.165, 1.54) is 0 Å². The highest BCUT2D eigenvalue weighted by Crippen LogP contribution is 2.30. The molecule has 1 amide bonds. The van der Waals surface area contributed by atoms with Crippen molar-refractivity contribution in [2.45, 2.75) is 6.92 Å². The summed E-state index contributed by atoms with van der Waals surface area (Å²) in [5, 5.41) is 9.56. The summed E-state index contributed by atoms with van der Waals surface area (Å²) in [4.78, 5) is 15.7. The largest absolute Gasteiger partial charge is 0.318 e. The highest BCUT2D eigenvalue weighted by atomic mass is 79.9. The fraction of sp³-hybridized carbons (Fsp3) is 0.100. The first-order valence-electron chi connectivity index (χ1n) is 4.72. The number of hydrogen-bond acceptors (Lipinski definition) is 3. The maximum Gasteiger partial charge on any atom is 0.295 e. The van der Waals surface area contributed by atoms with Crippen LogP contribution in [-0.2, 0) is 0 Å². The Labute approximate surface area is 111 Å². The second-order valence-corrected chi connectivity index (χ2v) is 4.50. The second kappa shape index (κ2) is 4.85. The number of aromatic nitrogens is 3. The van der Waals surface area contributed by atoms with Crippen molar-refractivity contribution in [2.24, 2.45) is 0 Å². The third-order valence-corrected chi connectivity index (χ3v) is 3.40. The maximum atomic E-state index is 11.8. The normalized spacial score (nSPS) is 10.3. The Hall–Kier alpha value is -1.40. The molecule has 1 aromatic carbocycles. The van der Waals surface area contributed by atoms with Gasteiger partial charge in [-0.15, -0.1) is 5.10 Å². The van der Waals surface area contributed by atoms with Crippen LogP contribution in [0.3, 0.4) is 0 Å². The number of aryl methyl sites for hydroxylation is 1. The van der Waals surface area contributed by atoms with Gasteiger partial charge in [0, 0.05) is 0 Å². The molecule has 0 radical (unpaired) electrons. The summed E-state index contributed by atoms with van der Waals surface area (Å²) in [7, 11) is 0. The lowest BCUT2D eigenvalue weighted by Gasteiger charge is -2.06. The van der Waals surface area contributed by atoms with Gasteiger partial charge >= 0.3 is 0 Å². The molecule has 2 aromatic rings. The number of rotatable bonds is 2. The van der Waals surface area contributed by atoms with Crippen molar-refractivity contribution in [1.29, 1.82) is 0 Å². The predicted molar refractivity (Wildman–Crippen MR) is 68.2 cm³/mol. The highest BCUT2D eigenvalue weighted by Gasteiger charge is 2.13. The van der Waals surface area contributed by atoms with Crippen LogP contribution < -0.4 is 5.32 Å². The average molecular weight is 316 g/mol. The Kier molecular flexibility index (Phi) is 3.44. The quantitative estimate of drug-likeness (QED) is 0.895. The Balaban J connectivity index is 2.21. The minimum Gasteiger partial charge on any atom is -0.318 e. The van der Waals surface area contributed by atoms with Crippen molar-refractivity contribution in [1.82, 2.24) is 15.2 Å². The van der Waals surface area contributed by atoms with E-state index in [0.717, 1.165) is 0 Å². The van der Waals surface area contributed by atoms with Gasteiger partial charge in [-0.1, -0.05) is 17.7 Å². The van der Waals surface area contributed by atoms with E-state index < -0.39 is 5.91 Å². The molecule has 0 saturated carbocycles. The summed E-state index contributed by atoms with van der Waals surface area (Å²) in [6.07, 6.45) is 0. The molecule has 1 aromatic heterocycles. The number of hydrogen-bond donors (Lipinski definition) is 2. The van der Waals surface area contributed by atoms with Gasteiger partial charge in [0.25, 0.3) is 5.91 Å². The molecule has 7 heteroatoms. The average Bonchev–Trinajstić information content (AvgIpc) is 2.72. The molecule has 0 spiro atoms. The lowest BCUT2D eigenvalue weighted by molar-refractivity contribution is 0.101. The lowest BCUT2D eigenvalue weighted by atomic mass is 10.3. The summed E-state index contributed by atoms with van der Waals surface area (Å²) in [6.45, 7) is 1.72. The predicted octanol–water partition coefficient (Wildman–Crippen LogP) is 2.78. The minimum atomic E-state index is -0.391. The molecular formula is C10H8BrClN4O. The number of aromatic amines is 1. The molecule has 5 nitrogen and oxygen atoms in total. The Morgan fingerprint density at radius 3 is 2.94 bits per heavy atom. The van der Waals surface area contributed by atoms with Gasteiger partial charge in [0.2, 0.25) is 5.82 Å². The van der Waals surface area contributed by atoms with E-state index in [1.54, 1.807) is 25.1 Å². The van der Waals surface area contributed by atoms with Crippen molar-refractivity contribution in [3.63, 3.8) is 0 Å². The van der Waals surface area contributed by atoms with Crippen molar-refractivity contribution < 1.29 is 4.79 Å². The summed E-state index contributed by atoms with van der Waals surface area (Å²) >= 11 is 9.20. The number of halogens is 2. The zero-order valence-electron chi connectivity index (χ0n) is 8.79. The van der Waals surface area contributed by atoms with Gasteiger partial charge < -0.3 is 5.32 Å². The Morgan fingerprint density at radius 1 is 1.53 bits per heavy atom. The molecule has 1 heterocycles. The maximum absolute atomic E-state index is 11.8. The van der Waals surface area contributed by atoms with Gasteiger partial charge in [-0.2, -0.15) is 0 Å². The summed E-state index contributed by atoms with van der Waals surface area (Å²) in [6, 6.07) is 5.19. The van der Waals surface area contributed by atoms with E-state index in [4.69, 9.17) is 11.6 Å². The van der Waals surface area contributed by atoms with Crippen LogP contribution in [0, 0.1) is 6.92 Å². The number of nitrogens with one attached hydrogen (secondary N) is 2. The van der Waals surface area contributed by atoms with Gasteiger partial charge in [-0.25, -0.2) is 4.98 Å². The number of benzene rings is 1. The summed E-state index contributed by atoms with van der Waals surface area (Å²) in [5.41, 5.74) is 0.574. The zero-order valence-corrected chi connectivity index (χ0v) is 11.1. The number of H-pyrrole nitrogens is 1. The smallest absolute Gasteiger partial charge is 0.295 e. The van der Waals surface area contributed by atoms with Crippen molar-refractivity contribution in [3.8, 4) is 0 Å². The van der Waals surface area contributed by atoms with Crippen molar-refractivity contribution in [3.05, 3.63) is 39.3 Å². The third-order valence-electron chi connectivity index (χ3n) is 2.00. The molecule has 2 N–H and O–H groups in total. The standard InChI is InChI=1S/C10H8BrClN4O/c1-5-13-9(16-15-5)10(17)14-7-4-2-3-6(12)8(7)11/h2-4H,1H3,(H,14,17)(H,13,15,16). The number of carbonyl (C=O) groups is 1. The van der Waals surface area contributed by atoms with Crippen molar-refractivity contribution >= 4 is 39.1 Å². The van der Waals surface area contributed by atoms with E-state index in [9.17, 15) is 4.79 Å². The first-order chi connectivity index (χ1) is 8.08. The molecule has 0 aliphatic carbocycles. The number of nitrogens with zero attached hydrogens (tertiary/aromatic N) is 2. The molecule has 0 atom stereocenters. The highest BCUT2D eigenvalue weighted by molar-refractivity contribution is 9.10. The van der Waals surface area contributed by atoms with Gasteiger partial charge in [0.15, 0.2) is 0 Å². The SMILES string of the molecule is Cc1nc(C(=O)Nc2cccc(Cl)c2Br)n[nH]1. The molecule has 0 saturated heterocycles. The van der Waals surface area contributed by atoms with Crippen LogP contribution >= 0.6 is 27.5 Å². The van der Waals surface area contributed by atoms with E-state index in [2.05, 4.69) is 36.4 Å². The fourth-order valence-electron chi connectivity index (χ4n) is 1.22. The van der Waals surface area contributed by atoms with Gasteiger partial charge in [-0.05, 0) is 35.0 Å². The van der Waals surface area contributed by atoms with Crippen LogP contribution in [0.4, 0.5) is 5.69 Å². The van der Waals surface area contributed by atoms with E-state index in [1.807, 2.05) is 0 Å². The first-order valence-corrected chi connectivity index (χ1v) is 5.89. The number of anilines is 1. The second-order valence-electron chi connectivity index (χ2n) is 3.30. The van der Waals surface area contributed by atoms with Crippen LogP contribution in [0.5, 0.6) is 0 Å². The van der Waals surface area contributed by atoms with Gasteiger partial charge in [0.1, 0.15) is 5.82 Å². The van der Waals surface area contributed by atoms with Crippen LogP contribution in [-0.4, -0.2) is 21.1 Å². The molecule has 88 valence electrons. The molecule has 2 rings (SSSR count). The van der Waals surface area contributed by atoms with Crippen LogP contribution in [0.25, 0.3) is 0 Å². The lowest BCUT2D eigenvalue weighted by Crippen LogP contribution is -2.14. The molecular weight excluding hydrogens is 307 g/mol. The number of carbonyl (C=O) groups excluding carboxylic acids is 1. The molecule has 0 bridgehead atoms. The van der Waals surface area contributed by atoms with Crippen molar-refractivity contribution in [2.75, 3.05) is 5.32 Å². The first kappa shape index (κ1) is 12.1. The Bertz CT molecular complexity index is 569. The molecule has 0 aliphatic heterocycles. The summed E-state index contributed by atoms with van der Waals surface area (Å²) in [5.74, 6) is 0.284. The van der Waals surface area contributed by atoms with Crippen LogP contribution in [0.2, 0.25) is 5.02 Å². The van der Waals surface area contributed by atoms with E-state index >= 15 is 0 Å².